The lowest BCUT2D eigenvalue weighted by Crippen LogP contribution is -2.43. The average Bonchev–Trinajstić information content (AvgIpc) is 3.51. The topological polar surface area (TPSA) is 144 Å². The average molecular weight is 684 g/mol. The van der Waals surface area contributed by atoms with E-state index in [4.69, 9.17) is 19.6 Å². The van der Waals surface area contributed by atoms with E-state index in [-0.39, 0.29) is 23.8 Å². The summed E-state index contributed by atoms with van der Waals surface area (Å²) in [5.74, 6) is 1.18. The summed E-state index contributed by atoms with van der Waals surface area (Å²) in [6.07, 6.45) is 4.17. The van der Waals surface area contributed by atoms with Gasteiger partial charge in [-0.3, -0.25) is 15.5 Å². The lowest BCUT2D eigenvalue weighted by molar-refractivity contribution is 0.0908. The van der Waals surface area contributed by atoms with Gasteiger partial charge < -0.3 is 29.0 Å². The highest BCUT2D eigenvalue weighted by Gasteiger charge is 2.23. The summed E-state index contributed by atoms with van der Waals surface area (Å²) in [7, 11) is 3.64. The Morgan fingerprint density at radius 2 is 1.61 bits per heavy atom. The molecule has 2 aromatic heterocycles. The Hall–Kier alpha value is -6.27. The quantitative estimate of drug-likeness (QED) is 0.118. The molecule has 0 unspecified atom stereocenters. The number of nitrogens with zero attached hydrogens (tertiary/aromatic N) is 4. The fourth-order valence-electron chi connectivity index (χ4n) is 6.29. The van der Waals surface area contributed by atoms with Gasteiger partial charge in [-0.15, -0.1) is 0 Å². The van der Waals surface area contributed by atoms with Gasteiger partial charge in [0.05, 0.1) is 7.11 Å². The Morgan fingerprint density at radius 1 is 0.863 bits per heavy atom. The monoisotopic (exact) mass is 683 g/mol. The maximum atomic E-state index is 14.0. The van der Waals surface area contributed by atoms with E-state index in [0.717, 1.165) is 53.2 Å². The number of hydrogen-bond acceptors (Lipinski definition) is 9. The predicted molar refractivity (Wildman–Crippen MR) is 194 cm³/mol. The summed E-state index contributed by atoms with van der Waals surface area (Å²) >= 11 is 0. The molecule has 3 heterocycles. The highest BCUT2D eigenvalue weighted by atomic mass is 16.6. The molecule has 6 aromatic rings. The van der Waals surface area contributed by atoms with E-state index in [1.165, 1.54) is 0 Å². The summed E-state index contributed by atoms with van der Waals surface area (Å²) in [5.41, 5.74) is 2.56. The van der Waals surface area contributed by atoms with E-state index in [0.29, 0.717) is 35.1 Å². The number of amides is 2. The minimum absolute atomic E-state index is 0.0632. The molecule has 12 nitrogen and oxygen atoms in total. The van der Waals surface area contributed by atoms with Crippen molar-refractivity contribution < 1.29 is 23.8 Å². The van der Waals surface area contributed by atoms with Crippen molar-refractivity contribution in [2.24, 2.45) is 0 Å². The van der Waals surface area contributed by atoms with Crippen LogP contribution in [0.15, 0.2) is 103 Å². The SMILES string of the molecule is COc1ccc(OC(=O)NC(=N)c2ccc3cc(C(=O)NC4CCN(C)CC4)n(Cc4cc(Oc5ncccn5)cc5ccccc45)c3c2)cc1. The lowest BCUT2D eigenvalue weighted by atomic mass is 10.0. The zero-order valence-electron chi connectivity index (χ0n) is 28.3. The molecule has 4 aromatic carbocycles. The second-order valence-electron chi connectivity index (χ2n) is 12.4. The van der Waals surface area contributed by atoms with Gasteiger partial charge in [-0.05, 0) is 104 Å². The molecular weight excluding hydrogens is 646 g/mol. The number of aromatic nitrogens is 3. The molecule has 51 heavy (non-hydrogen) atoms. The molecule has 1 aliphatic heterocycles. The molecule has 0 atom stereocenters. The summed E-state index contributed by atoms with van der Waals surface area (Å²) in [4.78, 5) is 37.4. The second kappa shape index (κ2) is 14.7. The molecule has 7 rings (SSSR count). The largest absolute Gasteiger partial charge is 0.497 e. The normalized spacial score (nSPS) is 13.5. The van der Waals surface area contributed by atoms with Crippen LogP contribution in [0.3, 0.4) is 0 Å². The summed E-state index contributed by atoms with van der Waals surface area (Å²) in [6.45, 7) is 2.14. The third-order valence-corrected chi connectivity index (χ3v) is 8.98. The van der Waals surface area contributed by atoms with E-state index in [1.54, 1.807) is 62.0 Å². The molecule has 1 aliphatic rings. The van der Waals surface area contributed by atoms with Crippen LogP contribution in [0.5, 0.6) is 23.3 Å². The molecular formula is C39H37N7O5. The molecule has 1 fully saturated rings. The van der Waals surface area contributed by atoms with Crippen LogP contribution in [0, 0.1) is 5.41 Å². The summed E-state index contributed by atoms with van der Waals surface area (Å²) in [6, 6.07) is 27.7. The highest BCUT2D eigenvalue weighted by molar-refractivity contribution is 6.07. The molecule has 0 radical (unpaired) electrons. The second-order valence-corrected chi connectivity index (χ2v) is 12.4. The molecule has 0 spiro atoms. The number of rotatable bonds is 9. The number of hydrogen-bond donors (Lipinski definition) is 3. The molecule has 0 bridgehead atoms. The molecule has 1 saturated heterocycles. The summed E-state index contributed by atoms with van der Waals surface area (Å²) in [5, 5.41) is 17.3. The molecule has 3 N–H and O–H groups in total. The Morgan fingerprint density at radius 3 is 2.37 bits per heavy atom. The Kier molecular flexibility index (Phi) is 9.57. The Bertz CT molecular complexity index is 2210. The van der Waals surface area contributed by atoms with E-state index >= 15 is 0 Å². The fraction of sp³-hybridized carbons (Fsp3) is 0.205. The molecule has 12 heteroatoms. The van der Waals surface area contributed by atoms with Crippen molar-refractivity contribution in [3.63, 3.8) is 0 Å². The van der Waals surface area contributed by atoms with Gasteiger partial charge in [0.1, 0.15) is 28.8 Å². The van der Waals surface area contributed by atoms with Gasteiger partial charge in [-0.25, -0.2) is 14.8 Å². The molecule has 0 aliphatic carbocycles. The van der Waals surface area contributed by atoms with E-state index in [2.05, 4.69) is 32.5 Å². The van der Waals surface area contributed by atoms with Crippen molar-refractivity contribution in [1.82, 2.24) is 30.1 Å². The molecule has 2 amide bonds. The molecule has 0 saturated carbocycles. The third kappa shape index (κ3) is 7.66. The van der Waals surface area contributed by atoms with Gasteiger partial charge in [0.25, 0.3) is 5.91 Å². The fourth-order valence-corrected chi connectivity index (χ4v) is 6.29. The van der Waals surface area contributed by atoms with Gasteiger partial charge in [0.2, 0.25) is 0 Å². The first-order valence-electron chi connectivity index (χ1n) is 16.6. The van der Waals surface area contributed by atoms with Crippen LogP contribution in [0.2, 0.25) is 0 Å². The smallest absolute Gasteiger partial charge is 0.418 e. The maximum Gasteiger partial charge on any atom is 0.418 e. The third-order valence-electron chi connectivity index (χ3n) is 8.98. The number of benzene rings is 4. The lowest BCUT2D eigenvalue weighted by Gasteiger charge is -2.29. The standard InChI is InChI=1S/C39H37N7O5/c1-45-18-14-29(15-19-45)43-37(47)35-22-26-8-9-27(36(40)44-39(48)51-31-12-10-30(49-2)11-13-31)23-34(26)46(35)24-28-21-32(50-38-41-16-5-17-42-38)20-25-6-3-4-7-33(25)28/h3-13,16-17,20-23,29H,14-15,18-19,24H2,1-2H3,(H,43,47)(H2,40,44,48). The van der Waals surface area contributed by atoms with Crippen molar-refractivity contribution in [2.75, 3.05) is 27.2 Å². The number of amidine groups is 1. The van der Waals surface area contributed by atoms with Crippen LogP contribution < -0.4 is 24.8 Å². The first kappa shape index (κ1) is 33.2. The van der Waals surface area contributed by atoms with Crippen LogP contribution in [-0.2, 0) is 6.54 Å². The van der Waals surface area contributed by atoms with Crippen molar-refractivity contribution in [3.8, 4) is 23.3 Å². The highest BCUT2D eigenvalue weighted by Crippen LogP contribution is 2.31. The number of likely N-dealkylation sites (tertiary alicyclic amines) is 1. The van der Waals surface area contributed by atoms with Gasteiger partial charge in [-0.1, -0.05) is 36.4 Å². The van der Waals surface area contributed by atoms with Crippen LogP contribution >= 0.6 is 0 Å². The first-order chi connectivity index (χ1) is 24.8. The zero-order chi connectivity index (χ0) is 35.3. The first-order valence-corrected chi connectivity index (χ1v) is 16.6. The minimum Gasteiger partial charge on any atom is -0.497 e. The van der Waals surface area contributed by atoms with Crippen LogP contribution in [0.1, 0.15) is 34.5 Å². The maximum absolute atomic E-state index is 14.0. The van der Waals surface area contributed by atoms with Gasteiger partial charge >= 0.3 is 12.1 Å². The van der Waals surface area contributed by atoms with E-state index in [1.807, 2.05) is 53.1 Å². The number of ether oxygens (including phenoxy) is 3. The zero-order valence-corrected chi connectivity index (χ0v) is 28.3. The molecule has 258 valence electrons. The number of nitrogens with one attached hydrogen (secondary N) is 3. The summed E-state index contributed by atoms with van der Waals surface area (Å²) < 4.78 is 18.6. The van der Waals surface area contributed by atoms with Crippen molar-refractivity contribution >= 4 is 39.5 Å². The van der Waals surface area contributed by atoms with Crippen LogP contribution in [0.4, 0.5) is 4.79 Å². The van der Waals surface area contributed by atoms with Gasteiger partial charge in [-0.2, -0.15) is 0 Å². The van der Waals surface area contributed by atoms with Crippen LogP contribution in [0.25, 0.3) is 21.7 Å². The minimum atomic E-state index is -0.801. The van der Waals surface area contributed by atoms with Gasteiger partial charge in [0, 0.05) is 41.4 Å². The number of carbonyl (C=O) groups excluding carboxylic acids is 2. The Labute approximate surface area is 294 Å². The number of carbonyl (C=O) groups is 2. The number of methoxy groups -OCH3 is 1. The van der Waals surface area contributed by atoms with Crippen LogP contribution in [-0.4, -0.2) is 70.6 Å². The predicted octanol–water partition coefficient (Wildman–Crippen LogP) is 6.37. The number of fused-ring (bicyclic) bond motifs is 2. The van der Waals surface area contributed by atoms with Crippen molar-refractivity contribution in [3.05, 3.63) is 120 Å². The van der Waals surface area contributed by atoms with E-state index in [9.17, 15) is 9.59 Å². The number of piperidine rings is 1. The van der Waals surface area contributed by atoms with Crippen molar-refractivity contribution in [2.45, 2.75) is 25.4 Å². The van der Waals surface area contributed by atoms with Crippen molar-refractivity contribution in [1.29, 1.82) is 5.41 Å². The Balaban J connectivity index is 1.23. The van der Waals surface area contributed by atoms with Gasteiger partial charge in [0.15, 0.2) is 0 Å². The van der Waals surface area contributed by atoms with E-state index < -0.39 is 6.09 Å².